The number of hydrogen-bond acceptors (Lipinski definition) is 4. The van der Waals surface area contributed by atoms with Crippen LogP contribution in [0.2, 0.25) is 0 Å². The lowest BCUT2D eigenvalue weighted by Crippen LogP contribution is -2.45. The van der Waals surface area contributed by atoms with E-state index in [1.54, 1.807) is 18.4 Å². The zero-order chi connectivity index (χ0) is 14.6. The molecule has 120 valence electrons. The van der Waals surface area contributed by atoms with E-state index in [4.69, 9.17) is 4.74 Å². The van der Waals surface area contributed by atoms with Gasteiger partial charge in [-0.25, -0.2) is 4.98 Å². The van der Waals surface area contributed by atoms with Crippen LogP contribution in [0.4, 0.5) is 0 Å². The summed E-state index contributed by atoms with van der Waals surface area (Å²) < 4.78 is 5.77. The minimum atomic E-state index is -0.0609. The fraction of sp³-hybridized carbons (Fsp3) is 0.714. The minimum Gasteiger partial charge on any atom is -0.373 e. The second-order valence-corrected chi connectivity index (χ2v) is 6.71. The molecule has 0 bridgehead atoms. The van der Waals surface area contributed by atoms with E-state index < -0.39 is 0 Å². The molecule has 21 heavy (non-hydrogen) atoms. The number of nitrogens with zero attached hydrogens (tertiary/aromatic N) is 2. The molecule has 1 unspecified atom stereocenters. The molecule has 1 aliphatic rings. The molecule has 0 saturated carbocycles. The van der Waals surface area contributed by atoms with Crippen molar-refractivity contribution < 1.29 is 4.74 Å². The summed E-state index contributed by atoms with van der Waals surface area (Å²) in [7, 11) is 1.79. The van der Waals surface area contributed by atoms with Crippen LogP contribution in [-0.4, -0.2) is 36.7 Å². The standard InChI is InChI=1S/C14H24N4OS.HI/c1-10-12(20-11(2)18-10)8-16-13(15-4)17-9-14(3)6-5-7-19-14;/h5-9H2,1-4H3,(H2,15,16,17);1H. The first-order chi connectivity index (χ1) is 9.52. The van der Waals surface area contributed by atoms with Crippen molar-refractivity contribution in [3.8, 4) is 0 Å². The lowest BCUT2D eigenvalue weighted by Gasteiger charge is -2.24. The van der Waals surface area contributed by atoms with Crippen LogP contribution in [0.5, 0.6) is 0 Å². The molecule has 0 aromatic carbocycles. The van der Waals surface area contributed by atoms with Gasteiger partial charge in [-0.15, -0.1) is 35.3 Å². The van der Waals surface area contributed by atoms with E-state index in [1.807, 2.05) is 13.8 Å². The highest BCUT2D eigenvalue weighted by Crippen LogP contribution is 2.23. The summed E-state index contributed by atoms with van der Waals surface area (Å²) in [5.41, 5.74) is 1.04. The highest BCUT2D eigenvalue weighted by molar-refractivity contribution is 14.0. The number of thiazole rings is 1. The molecule has 0 aliphatic carbocycles. The van der Waals surface area contributed by atoms with Crippen molar-refractivity contribution in [3.05, 3.63) is 15.6 Å². The molecule has 2 rings (SSSR count). The predicted octanol–water partition coefficient (Wildman–Crippen LogP) is 2.61. The van der Waals surface area contributed by atoms with Crippen LogP contribution < -0.4 is 10.6 Å². The average molecular weight is 424 g/mol. The van der Waals surface area contributed by atoms with Crippen molar-refractivity contribution in [1.82, 2.24) is 15.6 Å². The van der Waals surface area contributed by atoms with Crippen molar-refractivity contribution in [2.75, 3.05) is 20.2 Å². The van der Waals surface area contributed by atoms with E-state index in [-0.39, 0.29) is 29.6 Å². The van der Waals surface area contributed by atoms with Gasteiger partial charge in [0, 0.05) is 25.1 Å². The molecule has 1 aliphatic heterocycles. The van der Waals surface area contributed by atoms with Crippen LogP contribution in [0.1, 0.15) is 35.3 Å². The van der Waals surface area contributed by atoms with Gasteiger partial charge in [0.2, 0.25) is 0 Å². The van der Waals surface area contributed by atoms with E-state index in [0.29, 0.717) is 0 Å². The Bertz CT molecular complexity index is 483. The molecule has 1 aromatic rings. The third kappa shape index (κ3) is 5.37. The number of hydrogen-bond donors (Lipinski definition) is 2. The van der Waals surface area contributed by atoms with Gasteiger partial charge in [0.15, 0.2) is 5.96 Å². The maximum atomic E-state index is 5.77. The Morgan fingerprint density at radius 3 is 2.71 bits per heavy atom. The summed E-state index contributed by atoms with van der Waals surface area (Å²) in [6.45, 7) is 8.64. The van der Waals surface area contributed by atoms with E-state index >= 15 is 0 Å². The predicted molar refractivity (Wildman–Crippen MR) is 98.8 cm³/mol. The molecule has 0 radical (unpaired) electrons. The molecule has 1 atom stereocenters. The molecular formula is C14H25IN4OS. The zero-order valence-electron chi connectivity index (χ0n) is 13.2. The van der Waals surface area contributed by atoms with Crippen molar-refractivity contribution in [2.24, 2.45) is 4.99 Å². The van der Waals surface area contributed by atoms with Gasteiger partial charge in [0.1, 0.15) is 0 Å². The Hall–Kier alpha value is -0.410. The summed E-state index contributed by atoms with van der Waals surface area (Å²) in [5.74, 6) is 0.812. The van der Waals surface area contributed by atoms with Gasteiger partial charge in [-0.05, 0) is 33.6 Å². The second kappa shape index (κ2) is 8.28. The number of halogens is 1. The number of aryl methyl sites for hydroxylation is 2. The number of ether oxygens (including phenoxy) is 1. The summed E-state index contributed by atoms with van der Waals surface area (Å²) in [6.07, 6.45) is 2.24. The summed E-state index contributed by atoms with van der Waals surface area (Å²) in [6, 6.07) is 0. The van der Waals surface area contributed by atoms with Gasteiger partial charge >= 0.3 is 0 Å². The molecule has 2 N–H and O–H groups in total. The second-order valence-electron chi connectivity index (χ2n) is 5.42. The van der Waals surface area contributed by atoms with E-state index in [9.17, 15) is 0 Å². The average Bonchev–Trinajstić information content (AvgIpc) is 2.97. The van der Waals surface area contributed by atoms with Crippen LogP contribution in [0.25, 0.3) is 0 Å². The first-order valence-electron chi connectivity index (χ1n) is 7.04. The van der Waals surface area contributed by atoms with Crippen molar-refractivity contribution >= 4 is 41.3 Å². The fourth-order valence-corrected chi connectivity index (χ4v) is 3.25. The fourth-order valence-electron chi connectivity index (χ4n) is 2.37. The van der Waals surface area contributed by atoms with Gasteiger partial charge in [-0.1, -0.05) is 0 Å². The molecule has 0 spiro atoms. The first kappa shape index (κ1) is 18.6. The Kier molecular flexibility index (Phi) is 7.35. The van der Waals surface area contributed by atoms with Gasteiger partial charge in [-0.2, -0.15) is 0 Å². The molecule has 5 nitrogen and oxygen atoms in total. The van der Waals surface area contributed by atoms with Crippen LogP contribution >= 0.6 is 35.3 Å². The number of aromatic nitrogens is 1. The maximum Gasteiger partial charge on any atom is 0.191 e. The van der Waals surface area contributed by atoms with Gasteiger partial charge in [0.25, 0.3) is 0 Å². The largest absolute Gasteiger partial charge is 0.373 e. The van der Waals surface area contributed by atoms with Gasteiger partial charge < -0.3 is 15.4 Å². The van der Waals surface area contributed by atoms with E-state index in [1.165, 1.54) is 4.88 Å². The molecule has 7 heteroatoms. The molecule has 0 amide bonds. The molecular weight excluding hydrogens is 399 g/mol. The Balaban J connectivity index is 0.00000220. The third-order valence-electron chi connectivity index (χ3n) is 3.57. The van der Waals surface area contributed by atoms with Gasteiger partial charge in [0.05, 0.1) is 22.8 Å². The van der Waals surface area contributed by atoms with Crippen LogP contribution in [-0.2, 0) is 11.3 Å². The molecule has 2 heterocycles. The SMILES string of the molecule is CN=C(NCc1sc(C)nc1C)NCC1(C)CCCO1.I. The number of nitrogens with one attached hydrogen (secondary N) is 2. The smallest absolute Gasteiger partial charge is 0.191 e. The van der Waals surface area contributed by atoms with Crippen LogP contribution in [0.15, 0.2) is 4.99 Å². The Labute approximate surface area is 148 Å². The highest BCUT2D eigenvalue weighted by Gasteiger charge is 2.29. The third-order valence-corrected chi connectivity index (χ3v) is 4.64. The van der Waals surface area contributed by atoms with Crippen LogP contribution in [0.3, 0.4) is 0 Å². The lowest BCUT2D eigenvalue weighted by molar-refractivity contribution is 0.0243. The summed E-state index contributed by atoms with van der Waals surface area (Å²) in [4.78, 5) is 9.95. The number of guanidine groups is 1. The Morgan fingerprint density at radius 2 is 2.19 bits per heavy atom. The number of aliphatic imine (C=N–C) groups is 1. The Morgan fingerprint density at radius 1 is 1.43 bits per heavy atom. The summed E-state index contributed by atoms with van der Waals surface area (Å²) in [5, 5.41) is 7.79. The highest BCUT2D eigenvalue weighted by atomic mass is 127. The van der Waals surface area contributed by atoms with E-state index in [2.05, 4.69) is 27.5 Å². The summed E-state index contributed by atoms with van der Waals surface area (Å²) >= 11 is 1.73. The van der Waals surface area contributed by atoms with Crippen LogP contribution in [0, 0.1) is 13.8 Å². The normalized spacial score (nSPS) is 22.0. The van der Waals surface area contributed by atoms with Crippen molar-refractivity contribution in [2.45, 2.75) is 45.8 Å². The molecule has 1 saturated heterocycles. The topological polar surface area (TPSA) is 58.5 Å². The van der Waals surface area contributed by atoms with E-state index in [0.717, 1.165) is 49.2 Å². The monoisotopic (exact) mass is 424 g/mol. The minimum absolute atomic E-state index is 0. The zero-order valence-corrected chi connectivity index (χ0v) is 16.3. The molecule has 1 fully saturated rings. The number of rotatable bonds is 4. The maximum absolute atomic E-state index is 5.77. The molecule has 1 aromatic heterocycles. The first-order valence-corrected chi connectivity index (χ1v) is 7.85. The lowest BCUT2D eigenvalue weighted by atomic mass is 10.0. The van der Waals surface area contributed by atoms with Crippen molar-refractivity contribution in [1.29, 1.82) is 0 Å². The van der Waals surface area contributed by atoms with Crippen molar-refractivity contribution in [3.63, 3.8) is 0 Å². The quantitative estimate of drug-likeness (QED) is 0.443. The van der Waals surface area contributed by atoms with Gasteiger partial charge in [-0.3, -0.25) is 4.99 Å².